The summed E-state index contributed by atoms with van der Waals surface area (Å²) in [5.74, 6) is -0.117. The lowest BCUT2D eigenvalue weighted by Gasteiger charge is -2.31. The molecule has 3 nitrogen and oxygen atoms in total. The van der Waals surface area contributed by atoms with Crippen LogP contribution in [-0.2, 0) is 15.3 Å². The van der Waals surface area contributed by atoms with Crippen molar-refractivity contribution in [3.05, 3.63) is 42.0 Å². The average Bonchev–Trinajstić information content (AvgIpc) is 2.49. The highest BCUT2D eigenvalue weighted by Crippen LogP contribution is 2.40. The molecule has 2 aromatic rings. The first kappa shape index (κ1) is 14.3. The molecule has 2 aromatic carbocycles. The summed E-state index contributed by atoms with van der Waals surface area (Å²) >= 11 is 3.47. The maximum atomic E-state index is 5.62. The molecule has 0 fully saturated rings. The molecule has 0 atom stereocenters. The molecule has 0 saturated carbocycles. The minimum atomic E-state index is -0.869. The second-order valence-corrected chi connectivity index (χ2v) is 4.72. The van der Waals surface area contributed by atoms with E-state index < -0.39 is 5.79 Å². The SMILES string of the molecule is COc1ccc2ccccc2c1C(CBr)(OC)OC. The van der Waals surface area contributed by atoms with Crippen molar-refractivity contribution >= 4 is 26.7 Å². The molecule has 0 amide bonds. The molecule has 0 aliphatic heterocycles. The number of rotatable bonds is 5. The Bertz CT molecular complexity index is 556. The average molecular weight is 325 g/mol. The van der Waals surface area contributed by atoms with Gasteiger partial charge in [-0.2, -0.15) is 0 Å². The van der Waals surface area contributed by atoms with E-state index in [1.807, 2.05) is 30.3 Å². The van der Waals surface area contributed by atoms with E-state index in [9.17, 15) is 0 Å². The molecule has 0 heterocycles. The van der Waals surface area contributed by atoms with Crippen LogP contribution in [0.25, 0.3) is 10.8 Å². The van der Waals surface area contributed by atoms with Gasteiger partial charge in [-0.1, -0.05) is 46.3 Å². The largest absolute Gasteiger partial charge is 0.496 e. The molecular weight excluding hydrogens is 308 g/mol. The zero-order chi connectivity index (χ0) is 13.9. The van der Waals surface area contributed by atoms with E-state index in [-0.39, 0.29) is 0 Å². The topological polar surface area (TPSA) is 27.7 Å². The van der Waals surface area contributed by atoms with Crippen molar-refractivity contribution in [3.8, 4) is 5.75 Å². The smallest absolute Gasteiger partial charge is 0.208 e. The maximum absolute atomic E-state index is 5.62. The molecule has 2 rings (SSSR count). The van der Waals surface area contributed by atoms with E-state index >= 15 is 0 Å². The van der Waals surface area contributed by atoms with E-state index in [1.54, 1.807) is 21.3 Å². The zero-order valence-corrected chi connectivity index (χ0v) is 12.9. The van der Waals surface area contributed by atoms with E-state index in [4.69, 9.17) is 14.2 Å². The molecule has 4 heteroatoms. The molecular formula is C15H17BrO3. The maximum Gasteiger partial charge on any atom is 0.208 e. The van der Waals surface area contributed by atoms with Crippen LogP contribution in [0.1, 0.15) is 5.56 Å². The highest BCUT2D eigenvalue weighted by Gasteiger charge is 2.35. The lowest BCUT2D eigenvalue weighted by atomic mass is 9.97. The molecule has 0 N–H and O–H groups in total. The van der Waals surface area contributed by atoms with Gasteiger partial charge in [0.05, 0.1) is 18.0 Å². The number of methoxy groups -OCH3 is 3. The third kappa shape index (κ3) is 2.36. The minimum Gasteiger partial charge on any atom is -0.496 e. The molecule has 0 aromatic heterocycles. The van der Waals surface area contributed by atoms with Crippen LogP contribution >= 0.6 is 15.9 Å². The Kier molecular flexibility index (Phi) is 4.45. The predicted molar refractivity (Wildman–Crippen MR) is 80.0 cm³/mol. The second kappa shape index (κ2) is 5.90. The Labute approximate surface area is 121 Å². The number of alkyl halides is 1. The van der Waals surface area contributed by atoms with E-state index in [0.717, 1.165) is 22.1 Å². The zero-order valence-electron chi connectivity index (χ0n) is 11.3. The van der Waals surface area contributed by atoms with Gasteiger partial charge in [0, 0.05) is 14.2 Å². The Balaban J connectivity index is 2.81. The first-order chi connectivity index (χ1) is 9.22. The third-order valence-corrected chi connectivity index (χ3v) is 4.07. The number of fused-ring (bicyclic) bond motifs is 1. The van der Waals surface area contributed by atoms with Gasteiger partial charge in [0.25, 0.3) is 0 Å². The van der Waals surface area contributed by atoms with Gasteiger partial charge in [0.15, 0.2) is 0 Å². The van der Waals surface area contributed by atoms with Gasteiger partial charge in [-0.05, 0) is 16.8 Å². The molecule has 102 valence electrons. The van der Waals surface area contributed by atoms with Crippen molar-refractivity contribution in [2.75, 3.05) is 26.7 Å². The fourth-order valence-electron chi connectivity index (χ4n) is 2.28. The van der Waals surface area contributed by atoms with Crippen molar-refractivity contribution in [1.29, 1.82) is 0 Å². The minimum absolute atomic E-state index is 0.511. The predicted octanol–water partition coefficient (Wildman–Crippen LogP) is 3.69. The van der Waals surface area contributed by atoms with Gasteiger partial charge in [-0.3, -0.25) is 0 Å². The summed E-state index contributed by atoms with van der Waals surface area (Å²) in [7, 11) is 4.91. The standard InChI is InChI=1S/C15H17BrO3/c1-17-13-9-8-11-6-4-5-7-12(11)14(13)15(10-16,18-2)19-3/h4-9H,10H2,1-3H3. The Morgan fingerprint density at radius 2 is 1.68 bits per heavy atom. The second-order valence-electron chi connectivity index (χ2n) is 4.16. The number of ether oxygens (including phenoxy) is 3. The van der Waals surface area contributed by atoms with Crippen LogP contribution in [0.3, 0.4) is 0 Å². The highest BCUT2D eigenvalue weighted by atomic mass is 79.9. The van der Waals surface area contributed by atoms with Crippen molar-refractivity contribution in [3.63, 3.8) is 0 Å². The van der Waals surface area contributed by atoms with Crippen LogP contribution in [0.5, 0.6) is 5.75 Å². The number of hydrogen-bond acceptors (Lipinski definition) is 3. The van der Waals surface area contributed by atoms with Crippen molar-refractivity contribution < 1.29 is 14.2 Å². The summed E-state index contributed by atoms with van der Waals surface area (Å²) in [6.07, 6.45) is 0. The Morgan fingerprint density at radius 3 is 2.26 bits per heavy atom. The molecule has 19 heavy (non-hydrogen) atoms. The molecule has 0 aliphatic rings. The fourth-order valence-corrected chi connectivity index (χ4v) is 3.02. The molecule has 0 saturated heterocycles. The highest BCUT2D eigenvalue weighted by molar-refractivity contribution is 9.09. The van der Waals surface area contributed by atoms with E-state index in [2.05, 4.69) is 22.0 Å². The van der Waals surface area contributed by atoms with Gasteiger partial charge in [0.2, 0.25) is 5.79 Å². The first-order valence-electron chi connectivity index (χ1n) is 5.95. The summed E-state index contributed by atoms with van der Waals surface area (Å²) in [4.78, 5) is 0. The summed E-state index contributed by atoms with van der Waals surface area (Å²) in [6, 6.07) is 12.1. The van der Waals surface area contributed by atoms with Crippen molar-refractivity contribution in [2.24, 2.45) is 0 Å². The van der Waals surface area contributed by atoms with E-state index in [1.165, 1.54) is 0 Å². The third-order valence-electron chi connectivity index (χ3n) is 3.33. The lowest BCUT2D eigenvalue weighted by molar-refractivity contribution is -0.196. The van der Waals surface area contributed by atoms with Gasteiger partial charge in [0.1, 0.15) is 5.75 Å². The number of hydrogen-bond donors (Lipinski definition) is 0. The summed E-state index contributed by atoms with van der Waals surface area (Å²) in [6.45, 7) is 0. The molecule has 0 aliphatic carbocycles. The lowest BCUT2D eigenvalue weighted by Crippen LogP contribution is -2.33. The van der Waals surface area contributed by atoms with Crippen LogP contribution < -0.4 is 4.74 Å². The number of halogens is 1. The van der Waals surface area contributed by atoms with E-state index in [0.29, 0.717) is 5.33 Å². The molecule has 0 bridgehead atoms. The van der Waals surface area contributed by atoms with Gasteiger partial charge < -0.3 is 14.2 Å². The van der Waals surface area contributed by atoms with Crippen LogP contribution in [0.4, 0.5) is 0 Å². The monoisotopic (exact) mass is 324 g/mol. The molecule has 0 radical (unpaired) electrons. The quantitative estimate of drug-likeness (QED) is 0.620. The first-order valence-corrected chi connectivity index (χ1v) is 7.07. The fraction of sp³-hybridized carbons (Fsp3) is 0.333. The van der Waals surface area contributed by atoms with Crippen molar-refractivity contribution in [1.82, 2.24) is 0 Å². The van der Waals surface area contributed by atoms with Crippen LogP contribution in [0.2, 0.25) is 0 Å². The summed E-state index contributed by atoms with van der Waals surface area (Å²) in [5, 5.41) is 2.69. The molecule has 0 spiro atoms. The Morgan fingerprint density at radius 1 is 1.00 bits per heavy atom. The van der Waals surface area contributed by atoms with Crippen molar-refractivity contribution in [2.45, 2.75) is 5.79 Å². The van der Waals surface area contributed by atoms with Gasteiger partial charge in [-0.15, -0.1) is 0 Å². The molecule has 0 unspecified atom stereocenters. The van der Waals surface area contributed by atoms with Crippen LogP contribution in [0, 0.1) is 0 Å². The summed E-state index contributed by atoms with van der Waals surface area (Å²) in [5.41, 5.74) is 0.898. The van der Waals surface area contributed by atoms with Crippen LogP contribution in [0.15, 0.2) is 36.4 Å². The van der Waals surface area contributed by atoms with Crippen LogP contribution in [-0.4, -0.2) is 26.7 Å². The normalized spacial score (nSPS) is 11.8. The van der Waals surface area contributed by atoms with Gasteiger partial charge in [-0.25, -0.2) is 0 Å². The number of benzene rings is 2. The van der Waals surface area contributed by atoms with Gasteiger partial charge >= 0.3 is 0 Å². The Hall–Kier alpha value is -1.10. The summed E-state index contributed by atoms with van der Waals surface area (Å²) < 4.78 is 16.7.